The van der Waals surface area contributed by atoms with Gasteiger partial charge < -0.3 is 9.80 Å². The molecule has 1 unspecified atom stereocenters. The zero-order valence-corrected chi connectivity index (χ0v) is 18.2. The maximum atomic E-state index is 15.7. The van der Waals surface area contributed by atoms with Crippen molar-refractivity contribution in [1.82, 2.24) is 15.1 Å². The summed E-state index contributed by atoms with van der Waals surface area (Å²) in [6.45, 7) is 4.90. The van der Waals surface area contributed by atoms with E-state index in [4.69, 9.17) is 11.6 Å². The molecule has 0 spiro atoms. The van der Waals surface area contributed by atoms with Crippen LogP contribution in [-0.4, -0.2) is 46.2 Å². The molecule has 0 radical (unpaired) electrons. The number of nitrogens with one attached hydrogen (secondary N) is 1. The van der Waals surface area contributed by atoms with Gasteiger partial charge in [0, 0.05) is 29.4 Å². The van der Waals surface area contributed by atoms with Crippen LogP contribution in [0.25, 0.3) is 32.8 Å². The van der Waals surface area contributed by atoms with E-state index >= 15 is 4.39 Å². The van der Waals surface area contributed by atoms with Gasteiger partial charge in [-0.3, -0.25) is 9.89 Å². The average molecular weight is 465 g/mol. The van der Waals surface area contributed by atoms with E-state index in [1.165, 1.54) is 12.1 Å². The Bertz CT molecular complexity index is 1470. The summed E-state index contributed by atoms with van der Waals surface area (Å²) in [5.41, 5.74) is 1.12. The summed E-state index contributed by atoms with van der Waals surface area (Å²) >= 11 is 6.26. The Morgan fingerprint density at radius 2 is 2.00 bits per heavy atom. The molecule has 1 N–H and O–H groups in total. The molecule has 2 aliphatic rings. The fourth-order valence-corrected chi connectivity index (χ4v) is 5.53. The van der Waals surface area contributed by atoms with Crippen molar-refractivity contribution in [2.24, 2.45) is 0 Å². The summed E-state index contributed by atoms with van der Waals surface area (Å²) in [4.78, 5) is 16.0. The first-order valence-corrected chi connectivity index (χ1v) is 11.1. The summed E-state index contributed by atoms with van der Waals surface area (Å²) in [5.74, 6) is -0.401. The fourth-order valence-electron chi connectivity index (χ4n) is 5.26. The molecule has 1 aromatic heterocycles. The van der Waals surface area contributed by atoms with Gasteiger partial charge in [0.25, 0.3) is 0 Å². The molecule has 3 aromatic carbocycles. The highest BCUT2D eigenvalue weighted by Gasteiger charge is 2.49. The molecule has 2 saturated heterocycles. The number of halogens is 3. The number of nitrogens with zero attached hydrogens (tertiary/aromatic N) is 3. The minimum absolute atomic E-state index is 0.0284. The Labute approximate surface area is 193 Å². The van der Waals surface area contributed by atoms with Crippen LogP contribution >= 0.6 is 11.6 Å². The van der Waals surface area contributed by atoms with Gasteiger partial charge in [0.1, 0.15) is 11.3 Å². The number of carbonyl (C=O) groups is 1. The predicted octanol–water partition coefficient (Wildman–Crippen LogP) is 5.29. The van der Waals surface area contributed by atoms with Crippen LogP contribution < -0.4 is 4.90 Å². The second-order valence-electron chi connectivity index (χ2n) is 8.47. The Morgan fingerprint density at radius 1 is 1.15 bits per heavy atom. The first kappa shape index (κ1) is 20.2. The quantitative estimate of drug-likeness (QED) is 0.419. The van der Waals surface area contributed by atoms with Gasteiger partial charge in [0.05, 0.1) is 17.1 Å². The van der Waals surface area contributed by atoms with Gasteiger partial charge in [-0.1, -0.05) is 48.5 Å². The largest absolute Gasteiger partial charge is 0.347 e. The smallest absolute Gasteiger partial charge is 0.246 e. The van der Waals surface area contributed by atoms with E-state index in [2.05, 4.69) is 21.7 Å². The van der Waals surface area contributed by atoms with Crippen LogP contribution in [0.15, 0.2) is 55.1 Å². The Balaban J connectivity index is 1.41. The number of amides is 1. The molecule has 33 heavy (non-hydrogen) atoms. The number of rotatable bonds is 3. The molecule has 3 heterocycles. The fraction of sp³-hybridized carbons (Fsp3) is 0.200. The number of hydrogen-bond acceptors (Lipinski definition) is 3. The monoisotopic (exact) mass is 464 g/mol. The molecule has 1 amide bonds. The number of H-pyrrole nitrogens is 1. The van der Waals surface area contributed by atoms with Crippen LogP contribution in [0.3, 0.4) is 0 Å². The van der Waals surface area contributed by atoms with Crippen LogP contribution in [0.5, 0.6) is 0 Å². The van der Waals surface area contributed by atoms with Crippen molar-refractivity contribution in [3.63, 3.8) is 0 Å². The molecule has 4 aromatic rings. The number of fused-ring (bicyclic) bond motifs is 3. The lowest BCUT2D eigenvalue weighted by atomic mass is 9.95. The summed E-state index contributed by atoms with van der Waals surface area (Å²) in [7, 11) is 0. The number of benzene rings is 3. The standard InChI is InChI=1S/C25H19ClF2N4O/c1-2-20(33)31-11-10-18-19(31)12-32(18)25-16-8-7-15(23(28)24(16)29-30-25)14-5-3-4-13-6-9-17(27)22(26)21(13)14/h2-9,18-19H,1,10-12H2,(H,29,30)/t18?,19-/m1/s1. The minimum Gasteiger partial charge on any atom is -0.347 e. The van der Waals surface area contributed by atoms with Crippen molar-refractivity contribution >= 4 is 45.0 Å². The van der Waals surface area contributed by atoms with Crippen LogP contribution in [0.4, 0.5) is 14.6 Å². The molecule has 8 heteroatoms. The highest BCUT2D eigenvalue weighted by molar-refractivity contribution is 6.37. The van der Waals surface area contributed by atoms with Crippen molar-refractivity contribution in [1.29, 1.82) is 0 Å². The average Bonchev–Trinajstić information content (AvgIpc) is 3.38. The normalized spacial score (nSPS) is 19.7. The second kappa shape index (κ2) is 7.28. The summed E-state index contributed by atoms with van der Waals surface area (Å²) in [6, 6.07) is 12.1. The van der Waals surface area contributed by atoms with Gasteiger partial charge in [-0.05, 0) is 35.6 Å². The van der Waals surface area contributed by atoms with E-state index in [0.29, 0.717) is 40.8 Å². The van der Waals surface area contributed by atoms with Gasteiger partial charge in [-0.15, -0.1) is 0 Å². The van der Waals surface area contributed by atoms with Crippen LogP contribution in [-0.2, 0) is 4.79 Å². The predicted molar refractivity (Wildman–Crippen MR) is 125 cm³/mol. The van der Waals surface area contributed by atoms with Crippen LogP contribution in [0, 0.1) is 11.6 Å². The zero-order valence-electron chi connectivity index (χ0n) is 17.5. The lowest BCUT2D eigenvalue weighted by Crippen LogP contribution is -2.63. The second-order valence-corrected chi connectivity index (χ2v) is 8.85. The van der Waals surface area contributed by atoms with Crippen molar-refractivity contribution in [3.8, 4) is 11.1 Å². The van der Waals surface area contributed by atoms with Gasteiger partial charge >= 0.3 is 0 Å². The Kier molecular flexibility index (Phi) is 4.45. The van der Waals surface area contributed by atoms with E-state index in [-0.39, 0.29) is 28.5 Å². The molecule has 166 valence electrons. The number of likely N-dealkylation sites (tertiary alicyclic amines) is 1. The first-order valence-electron chi connectivity index (χ1n) is 10.7. The number of aromatic amines is 1. The van der Waals surface area contributed by atoms with Crippen molar-refractivity contribution in [2.45, 2.75) is 18.5 Å². The third-order valence-corrected chi connectivity index (χ3v) is 7.28. The maximum absolute atomic E-state index is 15.7. The number of aromatic nitrogens is 2. The Morgan fingerprint density at radius 3 is 2.82 bits per heavy atom. The number of anilines is 1. The zero-order chi connectivity index (χ0) is 22.9. The molecule has 0 bridgehead atoms. The molecule has 2 fully saturated rings. The molecular formula is C25H19ClF2N4O. The Hall–Kier alpha value is -3.45. The molecule has 6 rings (SSSR count). The molecule has 5 nitrogen and oxygen atoms in total. The van der Waals surface area contributed by atoms with Crippen molar-refractivity contribution < 1.29 is 13.6 Å². The van der Waals surface area contributed by atoms with E-state index in [0.717, 1.165) is 11.8 Å². The molecule has 0 saturated carbocycles. The third kappa shape index (κ3) is 2.82. The highest BCUT2D eigenvalue weighted by Crippen LogP contribution is 2.42. The van der Waals surface area contributed by atoms with E-state index in [1.54, 1.807) is 24.3 Å². The summed E-state index contributed by atoms with van der Waals surface area (Å²) in [6.07, 6.45) is 2.18. The van der Waals surface area contributed by atoms with Crippen LogP contribution in [0.1, 0.15) is 6.42 Å². The van der Waals surface area contributed by atoms with Gasteiger partial charge in [0.2, 0.25) is 5.91 Å². The molecule has 2 atom stereocenters. The van der Waals surface area contributed by atoms with Crippen molar-refractivity contribution in [2.75, 3.05) is 18.0 Å². The van der Waals surface area contributed by atoms with E-state index < -0.39 is 11.6 Å². The summed E-state index contributed by atoms with van der Waals surface area (Å²) in [5, 5.41) is 9.10. The summed E-state index contributed by atoms with van der Waals surface area (Å²) < 4.78 is 29.9. The number of hydrogen-bond donors (Lipinski definition) is 1. The first-order chi connectivity index (χ1) is 16.0. The molecule has 2 aliphatic heterocycles. The lowest BCUT2D eigenvalue weighted by molar-refractivity contribution is -0.127. The van der Waals surface area contributed by atoms with Gasteiger partial charge in [-0.25, -0.2) is 8.78 Å². The third-order valence-electron chi connectivity index (χ3n) is 6.91. The minimum atomic E-state index is -0.546. The molecular weight excluding hydrogens is 446 g/mol. The number of carbonyl (C=O) groups excluding carboxylic acids is 1. The lowest BCUT2D eigenvalue weighted by Gasteiger charge is -2.46. The van der Waals surface area contributed by atoms with Gasteiger partial charge in [0.15, 0.2) is 11.6 Å². The maximum Gasteiger partial charge on any atom is 0.246 e. The SMILES string of the molecule is C=CC(=O)N1CCC2[C@H]1CN2c1n[nH]c2c(F)c(-c3cccc4ccc(F)c(Cl)c34)ccc12. The van der Waals surface area contributed by atoms with Crippen LogP contribution in [0.2, 0.25) is 5.02 Å². The van der Waals surface area contributed by atoms with Gasteiger partial charge in [-0.2, -0.15) is 5.10 Å². The van der Waals surface area contributed by atoms with E-state index in [9.17, 15) is 9.18 Å². The van der Waals surface area contributed by atoms with E-state index in [1.807, 2.05) is 17.0 Å². The molecule has 0 aliphatic carbocycles. The topological polar surface area (TPSA) is 52.2 Å². The van der Waals surface area contributed by atoms with Crippen molar-refractivity contribution in [3.05, 3.63) is 71.8 Å². The highest BCUT2D eigenvalue weighted by atomic mass is 35.5.